The predicted octanol–water partition coefficient (Wildman–Crippen LogP) is 7.46. The number of benzene rings is 1. The number of nitrogens with zero attached hydrogens (tertiary/aromatic N) is 1. The van der Waals surface area contributed by atoms with Crippen LogP contribution in [0.3, 0.4) is 0 Å². The van der Waals surface area contributed by atoms with Gasteiger partial charge in [0.15, 0.2) is 0 Å². The van der Waals surface area contributed by atoms with Crippen molar-refractivity contribution in [3.63, 3.8) is 0 Å². The molecule has 0 heterocycles. The molecular weight excluding hydrogens is 301 g/mol. The zero-order valence-electron chi connectivity index (χ0n) is 17.1. The minimum atomic E-state index is -1.07. The van der Waals surface area contributed by atoms with Crippen molar-refractivity contribution in [2.24, 2.45) is 5.92 Å². The molecule has 1 aromatic carbocycles. The molecule has 0 N–H and O–H groups in total. The van der Waals surface area contributed by atoms with Gasteiger partial charge < -0.3 is 0 Å². The van der Waals surface area contributed by atoms with Crippen LogP contribution in [0.4, 0.5) is 0 Å². The van der Waals surface area contributed by atoms with Gasteiger partial charge >= 0.3 is 0 Å². The molecule has 1 fully saturated rings. The number of rotatable bonds is 8. The van der Waals surface area contributed by atoms with E-state index in [-0.39, 0.29) is 5.31 Å². The third-order valence-corrected chi connectivity index (χ3v) is 7.84. The first-order chi connectivity index (χ1) is 11.9. The van der Waals surface area contributed by atoms with Crippen LogP contribution in [-0.4, -0.2) is 6.15 Å². The zero-order valence-corrected chi connectivity index (χ0v) is 17.1. The number of hydrogen-bond donors (Lipinski definition) is 0. The van der Waals surface area contributed by atoms with Crippen molar-refractivity contribution >= 4 is 6.15 Å². The van der Waals surface area contributed by atoms with Crippen molar-refractivity contribution in [1.82, 2.24) is 0 Å². The maximum absolute atomic E-state index is 10.6. The summed E-state index contributed by atoms with van der Waals surface area (Å²) >= 11 is 0. The van der Waals surface area contributed by atoms with E-state index < -0.39 is 6.15 Å². The maximum Gasteiger partial charge on any atom is 0.114 e. The lowest BCUT2D eigenvalue weighted by atomic mass is 9.06. The van der Waals surface area contributed by atoms with Gasteiger partial charge in [-0.05, 0) is 17.9 Å². The zero-order chi connectivity index (χ0) is 18.5. The predicted molar refractivity (Wildman–Crippen MR) is 111 cm³/mol. The van der Waals surface area contributed by atoms with E-state index >= 15 is 0 Å². The molecule has 1 aromatic rings. The van der Waals surface area contributed by atoms with Crippen LogP contribution >= 0.6 is 0 Å². The van der Waals surface area contributed by atoms with Gasteiger partial charge in [-0.3, -0.25) is 0 Å². The lowest BCUT2D eigenvalue weighted by Crippen LogP contribution is -2.51. The number of unbranched alkanes of at least 4 members (excludes halogenated alkanes) is 2. The second kappa shape index (κ2) is 8.44. The van der Waals surface area contributed by atoms with Crippen molar-refractivity contribution in [2.45, 2.75) is 96.5 Å². The second-order valence-electron chi connectivity index (χ2n) is 9.33. The molecular formula is C23H37BN-. The third kappa shape index (κ3) is 3.81. The summed E-state index contributed by atoms with van der Waals surface area (Å²) in [5.74, 6) is 4.65. The molecule has 0 spiro atoms. The van der Waals surface area contributed by atoms with E-state index in [0.717, 1.165) is 6.32 Å². The third-order valence-electron chi connectivity index (χ3n) is 7.84. The molecule has 1 unspecified atom stereocenters. The van der Waals surface area contributed by atoms with Crippen molar-refractivity contribution in [3.05, 3.63) is 35.9 Å². The van der Waals surface area contributed by atoms with Gasteiger partial charge in [0.2, 0.25) is 0 Å². The Hall–Kier alpha value is -1.23. The Kier molecular flexibility index (Phi) is 6.78. The smallest absolute Gasteiger partial charge is 0.114 e. The van der Waals surface area contributed by atoms with E-state index in [1.165, 1.54) is 44.1 Å². The van der Waals surface area contributed by atoms with Gasteiger partial charge in [-0.25, -0.2) is 5.26 Å². The fourth-order valence-electron chi connectivity index (χ4n) is 5.56. The highest BCUT2D eigenvalue weighted by atomic mass is 14.4. The molecule has 2 heteroatoms. The minimum Gasteiger partial charge on any atom is -0.250 e. The average Bonchev–Trinajstić information content (AvgIpc) is 3.09. The normalized spacial score (nSPS) is 23.4. The molecule has 1 aliphatic rings. The molecule has 0 bridgehead atoms. The van der Waals surface area contributed by atoms with Gasteiger partial charge in [-0.2, -0.15) is 12.3 Å². The summed E-state index contributed by atoms with van der Waals surface area (Å²) in [6, 6.07) is 11.0. The van der Waals surface area contributed by atoms with E-state index in [9.17, 15) is 5.26 Å². The highest BCUT2D eigenvalue weighted by molar-refractivity contribution is 6.90. The Morgan fingerprint density at radius 3 is 2.40 bits per heavy atom. The monoisotopic (exact) mass is 338 g/mol. The first-order valence-corrected chi connectivity index (χ1v) is 10.5. The van der Waals surface area contributed by atoms with Gasteiger partial charge in [-0.1, -0.05) is 103 Å². The van der Waals surface area contributed by atoms with Crippen molar-refractivity contribution in [2.75, 3.05) is 0 Å². The maximum atomic E-state index is 10.6. The van der Waals surface area contributed by atoms with Gasteiger partial charge in [-0.15, -0.1) is 11.1 Å². The molecule has 25 heavy (non-hydrogen) atoms. The first kappa shape index (κ1) is 20.1. The summed E-state index contributed by atoms with van der Waals surface area (Å²) in [6.07, 6.45) is 7.49. The van der Waals surface area contributed by atoms with E-state index in [1.807, 2.05) is 0 Å². The topological polar surface area (TPSA) is 23.8 Å². The van der Waals surface area contributed by atoms with Crippen LogP contribution in [-0.2, 0) is 0 Å². The Bertz CT molecular complexity index is 572. The van der Waals surface area contributed by atoms with Gasteiger partial charge in [0.1, 0.15) is 6.15 Å². The van der Waals surface area contributed by atoms with E-state index in [4.69, 9.17) is 0 Å². The molecule has 3 atom stereocenters. The average molecular weight is 338 g/mol. The Morgan fingerprint density at radius 2 is 1.84 bits per heavy atom. The van der Waals surface area contributed by atoms with Crippen LogP contribution in [0, 0.1) is 17.1 Å². The number of nitriles is 1. The highest BCUT2D eigenvalue weighted by Gasteiger charge is 2.49. The van der Waals surface area contributed by atoms with Crippen LogP contribution in [0.1, 0.15) is 84.6 Å². The SMILES string of the molecule is CCCCC[B-](C#N)([C@H]1CCC[C@@H]1c1ccccc1)C(C)(C)C(C)C. The lowest BCUT2D eigenvalue weighted by molar-refractivity contribution is 0.443. The van der Waals surface area contributed by atoms with E-state index in [2.05, 4.69) is 70.9 Å². The Labute approximate surface area is 156 Å². The van der Waals surface area contributed by atoms with Crippen LogP contribution in [0.15, 0.2) is 30.3 Å². The molecule has 0 saturated heterocycles. The largest absolute Gasteiger partial charge is 0.250 e. The quantitative estimate of drug-likeness (QED) is 0.356. The fourth-order valence-corrected chi connectivity index (χ4v) is 5.56. The molecule has 138 valence electrons. The van der Waals surface area contributed by atoms with E-state index in [0.29, 0.717) is 17.7 Å². The summed E-state index contributed by atoms with van der Waals surface area (Å²) in [6.45, 7) is 11.7. The highest BCUT2D eigenvalue weighted by Crippen LogP contribution is 2.60. The van der Waals surface area contributed by atoms with Crippen LogP contribution in [0.25, 0.3) is 0 Å². The second-order valence-corrected chi connectivity index (χ2v) is 9.33. The molecule has 2 rings (SSSR count). The molecule has 0 aromatic heterocycles. The molecule has 0 radical (unpaired) electrons. The molecule has 1 aliphatic carbocycles. The van der Waals surface area contributed by atoms with Crippen molar-refractivity contribution in [3.8, 4) is 5.97 Å². The van der Waals surface area contributed by atoms with Gasteiger partial charge in [0.25, 0.3) is 0 Å². The molecule has 1 nitrogen and oxygen atoms in total. The van der Waals surface area contributed by atoms with Crippen molar-refractivity contribution < 1.29 is 0 Å². The standard InChI is InChI=1S/C23H37BN/c1-6-7-11-17-24(18-25,23(4,5)19(2)3)22-16-12-15-21(22)20-13-9-8-10-14-20/h8-10,13-14,19,21-22H,6-7,11-12,15-17H2,1-5H3/q-1/t21-,22+,24?/m1/s1. The van der Waals surface area contributed by atoms with Gasteiger partial charge in [0.05, 0.1) is 0 Å². The summed E-state index contributed by atoms with van der Waals surface area (Å²) in [5, 5.41) is 10.7. The van der Waals surface area contributed by atoms with Crippen molar-refractivity contribution in [1.29, 1.82) is 5.26 Å². The summed E-state index contributed by atoms with van der Waals surface area (Å²) < 4.78 is 0. The minimum absolute atomic E-state index is 0.0878. The van der Waals surface area contributed by atoms with Crippen LogP contribution < -0.4 is 0 Å². The lowest BCUT2D eigenvalue weighted by Gasteiger charge is -2.56. The fraction of sp³-hybridized carbons (Fsp3) is 0.696. The molecule has 0 amide bonds. The Morgan fingerprint density at radius 1 is 1.16 bits per heavy atom. The summed E-state index contributed by atoms with van der Waals surface area (Å²) in [4.78, 5) is 0. The van der Waals surface area contributed by atoms with Gasteiger partial charge in [0, 0.05) is 0 Å². The van der Waals surface area contributed by atoms with E-state index in [1.54, 1.807) is 0 Å². The molecule has 0 aliphatic heterocycles. The summed E-state index contributed by atoms with van der Waals surface area (Å²) in [5.41, 5.74) is 1.46. The number of hydrogen-bond acceptors (Lipinski definition) is 1. The molecule has 1 saturated carbocycles. The Balaban J connectivity index is 2.44. The first-order valence-electron chi connectivity index (χ1n) is 10.5. The summed E-state index contributed by atoms with van der Waals surface area (Å²) in [7, 11) is 0. The van der Waals surface area contributed by atoms with Crippen LogP contribution in [0.2, 0.25) is 17.5 Å². The van der Waals surface area contributed by atoms with Crippen LogP contribution in [0.5, 0.6) is 0 Å².